The molecule has 0 saturated heterocycles. The van der Waals surface area contributed by atoms with E-state index < -0.39 is 12.1 Å². The summed E-state index contributed by atoms with van der Waals surface area (Å²) < 4.78 is 9.60. The standard InChI is InChI=1S/C11H14N2O4S/c1-3-5-17-11(15)12-6-8-9(18-7-13-8)10(14)16-4-2/h3,7H,1,4-6H2,2H3,(H,12,15). The van der Waals surface area contributed by atoms with Crippen LogP contribution in [0.3, 0.4) is 0 Å². The van der Waals surface area contributed by atoms with Crippen molar-refractivity contribution in [3.8, 4) is 0 Å². The monoisotopic (exact) mass is 270 g/mol. The summed E-state index contributed by atoms with van der Waals surface area (Å²) in [6.45, 7) is 5.70. The van der Waals surface area contributed by atoms with Gasteiger partial charge in [0.05, 0.1) is 24.4 Å². The van der Waals surface area contributed by atoms with Gasteiger partial charge in [-0.25, -0.2) is 14.6 Å². The molecule has 1 amide bonds. The third-order valence-corrected chi connectivity index (χ3v) is 2.68. The van der Waals surface area contributed by atoms with Crippen LogP contribution < -0.4 is 5.32 Å². The Balaban J connectivity index is 2.52. The van der Waals surface area contributed by atoms with E-state index in [1.807, 2.05) is 0 Å². The molecule has 1 heterocycles. The highest BCUT2D eigenvalue weighted by atomic mass is 32.1. The van der Waals surface area contributed by atoms with Crippen molar-refractivity contribution in [1.29, 1.82) is 0 Å². The molecule has 6 nitrogen and oxygen atoms in total. The average Bonchev–Trinajstić information content (AvgIpc) is 2.82. The van der Waals surface area contributed by atoms with Gasteiger partial charge in [-0.1, -0.05) is 12.7 Å². The van der Waals surface area contributed by atoms with Gasteiger partial charge in [0.25, 0.3) is 0 Å². The first-order valence-electron chi connectivity index (χ1n) is 5.30. The Hall–Kier alpha value is -1.89. The molecule has 98 valence electrons. The van der Waals surface area contributed by atoms with E-state index in [4.69, 9.17) is 9.47 Å². The van der Waals surface area contributed by atoms with Gasteiger partial charge >= 0.3 is 12.1 Å². The van der Waals surface area contributed by atoms with Gasteiger partial charge in [0.2, 0.25) is 0 Å². The van der Waals surface area contributed by atoms with Crippen LogP contribution in [0.5, 0.6) is 0 Å². The molecule has 0 spiro atoms. The Morgan fingerprint density at radius 3 is 3.00 bits per heavy atom. The van der Waals surface area contributed by atoms with E-state index in [-0.39, 0.29) is 13.2 Å². The summed E-state index contributed by atoms with van der Waals surface area (Å²) >= 11 is 1.17. The van der Waals surface area contributed by atoms with Crippen LogP contribution >= 0.6 is 11.3 Å². The normalized spacial score (nSPS) is 9.61. The molecule has 0 aromatic carbocycles. The van der Waals surface area contributed by atoms with Crippen LogP contribution in [0.1, 0.15) is 22.3 Å². The molecule has 1 aromatic rings. The number of amides is 1. The highest BCUT2D eigenvalue weighted by Gasteiger charge is 2.16. The van der Waals surface area contributed by atoms with E-state index in [9.17, 15) is 9.59 Å². The van der Waals surface area contributed by atoms with Crippen molar-refractivity contribution >= 4 is 23.4 Å². The number of thiazole rings is 1. The molecule has 0 aliphatic rings. The van der Waals surface area contributed by atoms with Crippen molar-refractivity contribution in [1.82, 2.24) is 10.3 Å². The van der Waals surface area contributed by atoms with E-state index in [0.29, 0.717) is 17.2 Å². The van der Waals surface area contributed by atoms with Crippen LogP contribution in [0.25, 0.3) is 0 Å². The topological polar surface area (TPSA) is 77.5 Å². The van der Waals surface area contributed by atoms with Crippen LogP contribution in [-0.4, -0.2) is 30.3 Å². The first-order valence-corrected chi connectivity index (χ1v) is 6.18. The summed E-state index contributed by atoms with van der Waals surface area (Å²) in [5, 5.41) is 2.48. The van der Waals surface area contributed by atoms with Crippen molar-refractivity contribution in [2.24, 2.45) is 0 Å². The minimum absolute atomic E-state index is 0.119. The van der Waals surface area contributed by atoms with E-state index in [1.165, 1.54) is 22.9 Å². The van der Waals surface area contributed by atoms with Gasteiger partial charge in [0, 0.05) is 0 Å². The predicted molar refractivity (Wildman–Crippen MR) is 66.5 cm³/mol. The Bertz CT molecular complexity index is 430. The minimum atomic E-state index is -0.585. The molecule has 18 heavy (non-hydrogen) atoms. The fourth-order valence-electron chi connectivity index (χ4n) is 1.10. The number of carbonyl (C=O) groups excluding carboxylic acids is 2. The number of hydrogen-bond acceptors (Lipinski definition) is 6. The third kappa shape index (κ3) is 4.17. The molecule has 1 aromatic heterocycles. The highest BCUT2D eigenvalue weighted by molar-refractivity contribution is 7.11. The third-order valence-electron chi connectivity index (χ3n) is 1.83. The summed E-state index contributed by atoms with van der Waals surface area (Å²) in [6.07, 6.45) is 0.879. The number of aromatic nitrogens is 1. The number of nitrogens with one attached hydrogen (secondary N) is 1. The molecular formula is C11H14N2O4S. The second-order valence-electron chi connectivity index (χ2n) is 3.09. The predicted octanol–water partition coefficient (Wildman–Crippen LogP) is 1.73. The summed E-state index contributed by atoms with van der Waals surface area (Å²) in [7, 11) is 0. The molecule has 0 bridgehead atoms. The number of carbonyl (C=O) groups is 2. The van der Waals surface area contributed by atoms with Crippen LogP contribution in [0.15, 0.2) is 18.2 Å². The van der Waals surface area contributed by atoms with Gasteiger partial charge in [-0.05, 0) is 6.92 Å². The van der Waals surface area contributed by atoms with Crippen molar-refractivity contribution in [2.45, 2.75) is 13.5 Å². The van der Waals surface area contributed by atoms with Crippen LogP contribution in [0.2, 0.25) is 0 Å². The molecule has 7 heteroatoms. The zero-order valence-electron chi connectivity index (χ0n) is 9.97. The molecule has 0 unspecified atom stereocenters. The maximum Gasteiger partial charge on any atom is 0.407 e. The van der Waals surface area contributed by atoms with Crippen LogP contribution in [0, 0.1) is 0 Å². The number of esters is 1. The quantitative estimate of drug-likeness (QED) is 0.629. The molecular weight excluding hydrogens is 256 g/mol. The molecule has 0 saturated carbocycles. The SMILES string of the molecule is C=CCOC(=O)NCc1ncsc1C(=O)OCC. The summed E-state index contributed by atoms with van der Waals surface area (Å²) in [4.78, 5) is 27.1. The van der Waals surface area contributed by atoms with Gasteiger partial charge in [0.1, 0.15) is 11.5 Å². The lowest BCUT2D eigenvalue weighted by Gasteiger charge is -2.05. The number of ether oxygens (including phenoxy) is 2. The largest absolute Gasteiger partial charge is 0.462 e. The summed E-state index contributed by atoms with van der Waals surface area (Å²) in [6, 6.07) is 0. The van der Waals surface area contributed by atoms with Gasteiger partial charge in [-0.2, -0.15) is 0 Å². The highest BCUT2D eigenvalue weighted by Crippen LogP contribution is 2.14. The van der Waals surface area contributed by atoms with E-state index in [1.54, 1.807) is 6.92 Å². The average molecular weight is 270 g/mol. The fourth-order valence-corrected chi connectivity index (χ4v) is 1.80. The van der Waals surface area contributed by atoms with Crippen molar-refractivity contribution < 1.29 is 19.1 Å². The van der Waals surface area contributed by atoms with Crippen LogP contribution in [-0.2, 0) is 16.0 Å². The molecule has 0 fully saturated rings. The summed E-state index contributed by atoms with van der Waals surface area (Å²) in [5.74, 6) is -0.434. The first-order chi connectivity index (χ1) is 8.69. The Kier molecular flexibility index (Phi) is 5.86. The second-order valence-corrected chi connectivity index (χ2v) is 3.94. The number of nitrogens with zero attached hydrogens (tertiary/aromatic N) is 1. The lowest BCUT2D eigenvalue weighted by Crippen LogP contribution is -2.25. The smallest absolute Gasteiger partial charge is 0.407 e. The molecule has 1 rings (SSSR count). The maximum absolute atomic E-state index is 11.5. The number of hydrogen-bond donors (Lipinski definition) is 1. The van der Waals surface area contributed by atoms with Gasteiger partial charge in [0.15, 0.2) is 0 Å². The Morgan fingerprint density at radius 1 is 1.56 bits per heavy atom. The molecule has 0 aliphatic heterocycles. The first kappa shape index (κ1) is 14.2. The second kappa shape index (κ2) is 7.44. The lowest BCUT2D eigenvalue weighted by molar-refractivity contribution is 0.0530. The number of rotatable bonds is 6. The maximum atomic E-state index is 11.5. The number of alkyl carbamates (subject to hydrolysis) is 1. The fraction of sp³-hybridized carbons (Fsp3) is 0.364. The zero-order chi connectivity index (χ0) is 13.4. The van der Waals surface area contributed by atoms with Crippen molar-refractivity contribution in [2.75, 3.05) is 13.2 Å². The van der Waals surface area contributed by atoms with Gasteiger partial charge < -0.3 is 14.8 Å². The molecule has 1 N–H and O–H groups in total. The minimum Gasteiger partial charge on any atom is -0.462 e. The van der Waals surface area contributed by atoms with E-state index >= 15 is 0 Å². The molecule has 0 atom stereocenters. The van der Waals surface area contributed by atoms with Crippen LogP contribution in [0.4, 0.5) is 4.79 Å². The summed E-state index contributed by atoms with van der Waals surface area (Å²) in [5.41, 5.74) is 1.99. The van der Waals surface area contributed by atoms with E-state index in [2.05, 4.69) is 16.9 Å². The van der Waals surface area contributed by atoms with Gasteiger partial charge in [-0.15, -0.1) is 11.3 Å². The molecule has 0 aliphatic carbocycles. The van der Waals surface area contributed by atoms with Gasteiger partial charge in [-0.3, -0.25) is 0 Å². The Morgan fingerprint density at radius 2 is 2.33 bits per heavy atom. The Labute approximate surface area is 109 Å². The zero-order valence-corrected chi connectivity index (χ0v) is 10.8. The molecule has 0 radical (unpaired) electrons. The van der Waals surface area contributed by atoms with Crippen molar-refractivity contribution in [3.63, 3.8) is 0 Å². The van der Waals surface area contributed by atoms with Crippen molar-refractivity contribution in [3.05, 3.63) is 28.7 Å². The lowest BCUT2D eigenvalue weighted by atomic mass is 10.3. The van der Waals surface area contributed by atoms with E-state index in [0.717, 1.165) is 0 Å².